The molecule has 0 saturated heterocycles. The van der Waals surface area contributed by atoms with E-state index in [0.29, 0.717) is 13.1 Å². The molecule has 4 heteroatoms. The zero-order valence-corrected chi connectivity index (χ0v) is 9.36. The smallest absolute Gasteiger partial charge is 0.254 e. The molecule has 0 saturated carbocycles. The Balaban J connectivity index is 2.69. The maximum Gasteiger partial charge on any atom is 0.254 e. The Labute approximate surface area is 89.5 Å². The number of amides is 1. The maximum atomic E-state index is 11.8. The molecule has 1 aromatic rings. The van der Waals surface area contributed by atoms with Crippen LogP contribution in [-0.2, 0) is 11.3 Å². The number of likely N-dealkylation sites (N-methyl/N-ethyl adjacent to an activating group) is 1. The number of carbonyl (C=O) groups is 1. The first-order valence-corrected chi connectivity index (χ1v) is 4.99. The summed E-state index contributed by atoms with van der Waals surface area (Å²) in [6.07, 6.45) is 1.57. The molecular weight excluding hydrogens is 194 g/mol. The molecule has 1 heterocycles. The van der Waals surface area contributed by atoms with Crippen molar-refractivity contribution in [3.05, 3.63) is 24.2 Å². The van der Waals surface area contributed by atoms with Gasteiger partial charge in [0.1, 0.15) is 11.4 Å². The van der Waals surface area contributed by atoms with Gasteiger partial charge < -0.3 is 14.4 Å². The lowest BCUT2D eigenvalue weighted by atomic mass is 10.1. The summed E-state index contributed by atoms with van der Waals surface area (Å²) >= 11 is 0. The highest BCUT2D eigenvalue weighted by atomic mass is 16.3. The first-order valence-electron chi connectivity index (χ1n) is 4.99. The van der Waals surface area contributed by atoms with E-state index in [-0.39, 0.29) is 5.91 Å². The van der Waals surface area contributed by atoms with Gasteiger partial charge in [-0.3, -0.25) is 4.79 Å². The normalized spacial score (nSPS) is 11.5. The van der Waals surface area contributed by atoms with Gasteiger partial charge >= 0.3 is 0 Å². The lowest BCUT2D eigenvalue weighted by Crippen LogP contribution is -2.44. The van der Waals surface area contributed by atoms with E-state index >= 15 is 0 Å². The Bertz CT molecular complexity index is 311. The highest BCUT2D eigenvalue weighted by Crippen LogP contribution is 2.11. The van der Waals surface area contributed by atoms with Crippen molar-refractivity contribution in [2.24, 2.45) is 0 Å². The van der Waals surface area contributed by atoms with Crippen molar-refractivity contribution in [2.45, 2.75) is 32.9 Å². The van der Waals surface area contributed by atoms with E-state index in [0.717, 1.165) is 5.76 Å². The van der Waals surface area contributed by atoms with E-state index in [1.807, 2.05) is 6.92 Å². The highest BCUT2D eigenvalue weighted by Gasteiger charge is 2.28. The average Bonchev–Trinajstić information content (AvgIpc) is 2.64. The lowest BCUT2D eigenvalue weighted by Gasteiger charge is -2.26. The molecule has 4 nitrogen and oxygen atoms in total. The van der Waals surface area contributed by atoms with Crippen molar-refractivity contribution in [1.82, 2.24) is 4.90 Å². The standard InChI is InChI=1S/C11H17NO3/c1-4-12(10(13)11(2,3)14)8-9-6-5-7-15-9/h5-7,14H,4,8H2,1-3H3. The molecular formula is C11H17NO3. The van der Waals surface area contributed by atoms with Crippen molar-refractivity contribution in [3.8, 4) is 0 Å². The molecule has 0 radical (unpaired) electrons. The zero-order chi connectivity index (χ0) is 11.5. The van der Waals surface area contributed by atoms with Gasteiger partial charge in [0, 0.05) is 6.54 Å². The molecule has 1 amide bonds. The van der Waals surface area contributed by atoms with Crippen LogP contribution < -0.4 is 0 Å². The van der Waals surface area contributed by atoms with Crippen molar-refractivity contribution in [2.75, 3.05) is 6.54 Å². The monoisotopic (exact) mass is 211 g/mol. The quantitative estimate of drug-likeness (QED) is 0.819. The number of hydrogen-bond acceptors (Lipinski definition) is 3. The van der Waals surface area contributed by atoms with Gasteiger partial charge in [-0.15, -0.1) is 0 Å². The van der Waals surface area contributed by atoms with E-state index in [4.69, 9.17) is 4.42 Å². The fourth-order valence-corrected chi connectivity index (χ4v) is 1.30. The Morgan fingerprint density at radius 2 is 2.27 bits per heavy atom. The van der Waals surface area contributed by atoms with Gasteiger partial charge in [-0.1, -0.05) is 0 Å². The van der Waals surface area contributed by atoms with Crippen molar-refractivity contribution in [3.63, 3.8) is 0 Å². The summed E-state index contributed by atoms with van der Waals surface area (Å²) in [7, 11) is 0. The molecule has 0 aliphatic carbocycles. The first-order chi connectivity index (χ1) is 6.95. The second kappa shape index (κ2) is 4.49. The highest BCUT2D eigenvalue weighted by molar-refractivity contribution is 5.83. The zero-order valence-electron chi connectivity index (χ0n) is 9.36. The Morgan fingerprint density at radius 1 is 1.60 bits per heavy atom. The molecule has 1 aromatic heterocycles. The molecule has 0 bridgehead atoms. The largest absolute Gasteiger partial charge is 0.467 e. The third-order valence-electron chi connectivity index (χ3n) is 2.12. The molecule has 15 heavy (non-hydrogen) atoms. The maximum absolute atomic E-state index is 11.8. The predicted octanol–water partition coefficient (Wildman–Crippen LogP) is 1.40. The van der Waals surface area contributed by atoms with Crippen LogP contribution in [0.4, 0.5) is 0 Å². The fraction of sp³-hybridized carbons (Fsp3) is 0.545. The second-order valence-corrected chi connectivity index (χ2v) is 3.96. The van der Waals surface area contributed by atoms with Crippen LogP contribution in [0.3, 0.4) is 0 Å². The number of rotatable bonds is 4. The molecule has 1 rings (SSSR count). The topological polar surface area (TPSA) is 53.7 Å². The summed E-state index contributed by atoms with van der Waals surface area (Å²) < 4.78 is 5.15. The van der Waals surface area contributed by atoms with E-state index in [1.165, 1.54) is 13.8 Å². The van der Waals surface area contributed by atoms with Gasteiger partial charge in [-0.25, -0.2) is 0 Å². The molecule has 0 spiro atoms. The summed E-state index contributed by atoms with van der Waals surface area (Å²) in [5, 5.41) is 9.59. The minimum atomic E-state index is -1.33. The van der Waals surface area contributed by atoms with Crippen molar-refractivity contribution >= 4 is 5.91 Å². The molecule has 0 aliphatic rings. The van der Waals surface area contributed by atoms with Gasteiger partial charge in [0.15, 0.2) is 0 Å². The number of furan rings is 1. The van der Waals surface area contributed by atoms with E-state index in [1.54, 1.807) is 23.3 Å². The SMILES string of the molecule is CCN(Cc1ccco1)C(=O)C(C)(C)O. The summed E-state index contributed by atoms with van der Waals surface area (Å²) in [5.41, 5.74) is -1.33. The average molecular weight is 211 g/mol. The molecule has 84 valence electrons. The summed E-state index contributed by atoms with van der Waals surface area (Å²) in [6.45, 7) is 5.78. The van der Waals surface area contributed by atoms with E-state index in [9.17, 15) is 9.90 Å². The summed E-state index contributed by atoms with van der Waals surface area (Å²) in [6, 6.07) is 3.58. The molecule has 1 N–H and O–H groups in total. The van der Waals surface area contributed by atoms with Crippen molar-refractivity contribution in [1.29, 1.82) is 0 Å². The first kappa shape index (κ1) is 11.8. The third kappa shape index (κ3) is 3.09. The predicted molar refractivity (Wildman–Crippen MR) is 56.1 cm³/mol. The third-order valence-corrected chi connectivity index (χ3v) is 2.12. The second-order valence-electron chi connectivity index (χ2n) is 3.96. The summed E-state index contributed by atoms with van der Waals surface area (Å²) in [5.74, 6) is 0.427. The molecule has 0 fully saturated rings. The van der Waals surface area contributed by atoms with Crippen LogP contribution in [0.2, 0.25) is 0 Å². The van der Waals surface area contributed by atoms with Gasteiger partial charge in [-0.05, 0) is 32.9 Å². The van der Waals surface area contributed by atoms with Crippen LogP contribution in [0.15, 0.2) is 22.8 Å². The van der Waals surface area contributed by atoms with Gasteiger partial charge in [-0.2, -0.15) is 0 Å². The molecule has 0 unspecified atom stereocenters. The molecule has 0 aliphatic heterocycles. The Kier molecular flexibility index (Phi) is 3.52. The van der Waals surface area contributed by atoms with Gasteiger partial charge in [0.2, 0.25) is 0 Å². The van der Waals surface area contributed by atoms with Crippen LogP contribution >= 0.6 is 0 Å². The summed E-state index contributed by atoms with van der Waals surface area (Å²) in [4.78, 5) is 13.3. The van der Waals surface area contributed by atoms with Crippen LogP contribution in [0.25, 0.3) is 0 Å². The van der Waals surface area contributed by atoms with Crippen LogP contribution in [0, 0.1) is 0 Å². The lowest BCUT2D eigenvalue weighted by molar-refractivity contribution is -0.148. The molecule has 0 atom stereocenters. The van der Waals surface area contributed by atoms with Crippen molar-refractivity contribution < 1.29 is 14.3 Å². The van der Waals surface area contributed by atoms with Crippen LogP contribution in [0.1, 0.15) is 26.5 Å². The van der Waals surface area contributed by atoms with Gasteiger partial charge in [0.05, 0.1) is 12.8 Å². The fourth-order valence-electron chi connectivity index (χ4n) is 1.30. The van der Waals surface area contributed by atoms with Gasteiger partial charge in [0.25, 0.3) is 5.91 Å². The number of hydrogen-bond donors (Lipinski definition) is 1. The van der Waals surface area contributed by atoms with Crippen LogP contribution in [0.5, 0.6) is 0 Å². The Hall–Kier alpha value is -1.29. The number of nitrogens with zero attached hydrogens (tertiary/aromatic N) is 1. The molecule has 0 aromatic carbocycles. The van der Waals surface area contributed by atoms with E-state index in [2.05, 4.69) is 0 Å². The van der Waals surface area contributed by atoms with E-state index < -0.39 is 5.60 Å². The minimum absolute atomic E-state index is 0.290. The Morgan fingerprint density at radius 3 is 2.67 bits per heavy atom. The number of aliphatic hydroxyl groups is 1. The van der Waals surface area contributed by atoms with Crippen LogP contribution in [-0.4, -0.2) is 28.1 Å². The minimum Gasteiger partial charge on any atom is -0.467 e. The number of carbonyl (C=O) groups excluding carboxylic acids is 1.